The molecular weight excluding hydrogens is 280 g/mol. The van der Waals surface area contributed by atoms with Gasteiger partial charge in [0.25, 0.3) is 0 Å². The van der Waals surface area contributed by atoms with Crippen LogP contribution < -0.4 is 5.73 Å². The number of rotatable bonds is 5. The number of allylic oxidation sites excluding steroid dienone is 2. The molecule has 0 saturated carbocycles. The zero-order valence-electron chi connectivity index (χ0n) is 13.1. The molecule has 0 aliphatic rings. The van der Waals surface area contributed by atoms with Gasteiger partial charge in [0.15, 0.2) is 5.65 Å². The number of carbonyl (C=O) groups is 1. The van der Waals surface area contributed by atoms with Gasteiger partial charge in [-0.15, -0.1) is 0 Å². The summed E-state index contributed by atoms with van der Waals surface area (Å²) in [4.78, 5) is 16.6. The lowest BCUT2D eigenvalue weighted by Crippen LogP contribution is -2.12. The van der Waals surface area contributed by atoms with E-state index >= 15 is 0 Å². The quantitative estimate of drug-likeness (QED) is 0.678. The number of aryl methyl sites for hydroxylation is 1. The van der Waals surface area contributed by atoms with Crippen molar-refractivity contribution in [3.63, 3.8) is 0 Å². The highest BCUT2D eigenvalue weighted by molar-refractivity contribution is 6.04. The molecule has 6 nitrogen and oxygen atoms in total. The molecule has 2 aromatic heterocycles. The minimum Gasteiger partial charge on any atom is -0.458 e. The molecule has 6 heteroatoms. The summed E-state index contributed by atoms with van der Waals surface area (Å²) >= 11 is 0. The van der Waals surface area contributed by atoms with Gasteiger partial charge in [-0.2, -0.15) is 5.10 Å². The zero-order chi connectivity index (χ0) is 16.3. The Morgan fingerprint density at radius 2 is 2.23 bits per heavy atom. The molecule has 2 rings (SSSR count). The number of carbonyl (C=O) groups excluding carboxylic acids is 1. The number of ether oxygens (including phenoxy) is 1. The first-order valence-corrected chi connectivity index (χ1v) is 6.98. The Kier molecular flexibility index (Phi) is 4.60. The summed E-state index contributed by atoms with van der Waals surface area (Å²) in [6, 6.07) is 0. The summed E-state index contributed by atoms with van der Waals surface area (Å²) in [6.07, 6.45) is 5.18. The van der Waals surface area contributed by atoms with Gasteiger partial charge in [-0.25, -0.2) is 14.5 Å². The maximum Gasteiger partial charge on any atom is 0.342 e. The van der Waals surface area contributed by atoms with Crippen LogP contribution in [-0.4, -0.2) is 27.3 Å². The largest absolute Gasteiger partial charge is 0.458 e. The second-order valence-electron chi connectivity index (χ2n) is 5.22. The summed E-state index contributed by atoms with van der Waals surface area (Å²) in [5.41, 5.74) is 9.14. The third-order valence-corrected chi connectivity index (χ3v) is 3.22. The Balaban J connectivity index is 2.49. The van der Waals surface area contributed by atoms with Gasteiger partial charge in [-0.1, -0.05) is 24.3 Å². The number of aromatic nitrogens is 3. The van der Waals surface area contributed by atoms with Crippen molar-refractivity contribution in [3.8, 4) is 0 Å². The molecule has 0 bridgehead atoms. The molecule has 22 heavy (non-hydrogen) atoms. The third-order valence-electron chi connectivity index (χ3n) is 3.22. The topological polar surface area (TPSA) is 83.0 Å². The number of pyridine rings is 1. The van der Waals surface area contributed by atoms with E-state index in [1.54, 1.807) is 17.8 Å². The molecule has 0 radical (unpaired) electrons. The van der Waals surface area contributed by atoms with Crippen LogP contribution in [-0.2, 0) is 11.3 Å². The number of nitrogen functional groups attached to an aromatic ring is 1. The van der Waals surface area contributed by atoms with Gasteiger partial charge in [0, 0.05) is 0 Å². The molecule has 116 valence electrons. The number of nitrogens with two attached hydrogens (primary N) is 1. The standard InChI is InChI=1S/C16H20N4O2/c1-5-8-22-16(21)13-11(4)19-15-12(14(13)17)9-18-20(15)7-6-10(2)3/h5-6,9H,1,7-8H2,2-4H3,(H2,17,19). The van der Waals surface area contributed by atoms with E-state index in [9.17, 15) is 4.79 Å². The molecule has 0 spiro atoms. The maximum absolute atomic E-state index is 12.1. The Morgan fingerprint density at radius 3 is 2.86 bits per heavy atom. The Morgan fingerprint density at radius 1 is 1.50 bits per heavy atom. The molecule has 0 aliphatic carbocycles. The van der Waals surface area contributed by atoms with Crippen LogP contribution in [0.2, 0.25) is 0 Å². The van der Waals surface area contributed by atoms with Gasteiger partial charge in [-0.05, 0) is 20.8 Å². The highest BCUT2D eigenvalue weighted by atomic mass is 16.5. The van der Waals surface area contributed by atoms with E-state index in [0.29, 0.717) is 29.0 Å². The third kappa shape index (κ3) is 3.00. The van der Waals surface area contributed by atoms with Crippen molar-refractivity contribution in [3.05, 3.63) is 41.8 Å². The van der Waals surface area contributed by atoms with Crippen molar-refractivity contribution >= 4 is 22.7 Å². The highest BCUT2D eigenvalue weighted by Gasteiger charge is 2.20. The van der Waals surface area contributed by atoms with Crippen molar-refractivity contribution < 1.29 is 9.53 Å². The maximum atomic E-state index is 12.1. The molecule has 0 atom stereocenters. The van der Waals surface area contributed by atoms with E-state index in [1.165, 1.54) is 11.6 Å². The highest BCUT2D eigenvalue weighted by Crippen LogP contribution is 2.26. The summed E-state index contributed by atoms with van der Waals surface area (Å²) in [5.74, 6) is -0.499. The second kappa shape index (κ2) is 6.43. The molecular formula is C16H20N4O2. The normalized spacial score (nSPS) is 10.5. The molecule has 0 unspecified atom stereocenters. The molecule has 2 aromatic rings. The van der Waals surface area contributed by atoms with Crippen molar-refractivity contribution in [2.45, 2.75) is 27.3 Å². The molecule has 2 N–H and O–H groups in total. The fourth-order valence-electron chi connectivity index (χ4n) is 2.10. The Bertz CT molecular complexity index is 755. The zero-order valence-corrected chi connectivity index (χ0v) is 13.1. The van der Waals surface area contributed by atoms with Crippen molar-refractivity contribution in [2.75, 3.05) is 12.3 Å². The average Bonchev–Trinajstić information content (AvgIpc) is 2.86. The van der Waals surface area contributed by atoms with E-state index in [4.69, 9.17) is 10.5 Å². The Hall–Kier alpha value is -2.63. The summed E-state index contributed by atoms with van der Waals surface area (Å²) in [6.45, 7) is 10.0. The smallest absolute Gasteiger partial charge is 0.342 e. The molecule has 0 aliphatic heterocycles. The lowest BCUT2D eigenvalue weighted by Gasteiger charge is -2.09. The van der Waals surface area contributed by atoms with E-state index in [2.05, 4.69) is 16.7 Å². The first-order valence-electron chi connectivity index (χ1n) is 6.98. The molecule has 0 amide bonds. The minimum absolute atomic E-state index is 0.135. The fourth-order valence-corrected chi connectivity index (χ4v) is 2.10. The van der Waals surface area contributed by atoms with E-state index in [-0.39, 0.29) is 12.2 Å². The summed E-state index contributed by atoms with van der Waals surface area (Å²) in [5, 5.41) is 4.94. The second-order valence-corrected chi connectivity index (χ2v) is 5.22. The van der Waals surface area contributed by atoms with E-state index < -0.39 is 5.97 Å². The van der Waals surface area contributed by atoms with Gasteiger partial charge in [0.2, 0.25) is 0 Å². The van der Waals surface area contributed by atoms with Gasteiger partial charge < -0.3 is 10.5 Å². The lowest BCUT2D eigenvalue weighted by molar-refractivity contribution is 0.0550. The predicted octanol–water partition coefficient (Wildman–Crippen LogP) is 2.63. The van der Waals surface area contributed by atoms with E-state index in [1.807, 2.05) is 19.9 Å². The van der Waals surface area contributed by atoms with Crippen LogP contribution in [0.4, 0.5) is 5.69 Å². The number of esters is 1. The van der Waals surface area contributed by atoms with Crippen LogP contribution in [0.25, 0.3) is 11.0 Å². The van der Waals surface area contributed by atoms with Gasteiger partial charge in [0.05, 0.1) is 29.5 Å². The van der Waals surface area contributed by atoms with Crippen molar-refractivity contribution in [1.29, 1.82) is 0 Å². The van der Waals surface area contributed by atoms with Crippen LogP contribution in [0.5, 0.6) is 0 Å². The Labute approximate surface area is 129 Å². The molecule has 0 aromatic carbocycles. The van der Waals surface area contributed by atoms with Gasteiger partial charge in [-0.3, -0.25) is 0 Å². The number of anilines is 1. The predicted molar refractivity (Wildman–Crippen MR) is 86.6 cm³/mol. The average molecular weight is 300 g/mol. The monoisotopic (exact) mass is 300 g/mol. The number of hydrogen-bond acceptors (Lipinski definition) is 5. The fraction of sp³-hybridized carbons (Fsp3) is 0.312. The van der Waals surface area contributed by atoms with Crippen LogP contribution in [0, 0.1) is 6.92 Å². The molecule has 0 saturated heterocycles. The van der Waals surface area contributed by atoms with Gasteiger partial charge in [0.1, 0.15) is 12.2 Å². The van der Waals surface area contributed by atoms with E-state index in [0.717, 1.165) is 0 Å². The minimum atomic E-state index is -0.499. The van der Waals surface area contributed by atoms with Gasteiger partial charge >= 0.3 is 5.97 Å². The molecule has 0 fully saturated rings. The van der Waals surface area contributed by atoms with Crippen LogP contribution >= 0.6 is 0 Å². The van der Waals surface area contributed by atoms with Crippen LogP contribution in [0.15, 0.2) is 30.5 Å². The number of hydrogen-bond donors (Lipinski definition) is 1. The van der Waals surface area contributed by atoms with Crippen LogP contribution in [0.1, 0.15) is 29.9 Å². The SMILES string of the molecule is C=CCOC(=O)c1c(C)nc2c(cnn2CC=C(C)C)c1N. The van der Waals surface area contributed by atoms with Crippen molar-refractivity contribution in [2.24, 2.45) is 0 Å². The lowest BCUT2D eigenvalue weighted by atomic mass is 10.1. The first kappa shape index (κ1) is 15.8. The first-order chi connectivity index (χ1) is 10.5. The molecule has 2 heterocycles. The summed E-state index contributed by atoms with van der Waals surface area (Å²) < 4.78 is 6.81. The number of fused-ring (bicyclic) bond motifs is 1. The van der Waals surface area contributed by atoms with Crippen molar-refractivity contribution in [1.82, 2.24) is 14.8 Å². The summed E-state index contributed by atoms with van der Waals surface area (Å²) in [7, 11) is 0. The number of nitrogens with zero attached hydrogens (tertiary/aromatic N) is 3. The van der Waals surface area contributed by atoms with Crippen LogP contribution in [0.3, 0.4) is 0 Å².